The molecule has 2 aromatic heterocycles. The average Bonchev–Trinajstić information content (AvgIpc) is 3.87. The Morgan fingerprint density at radius 2 is 0.814 bits per heavy atom. The van der Waals surface area contributed by atoms with Crippen LogP contribution in [0, 0.1) is 0 Å². The third-order valence-electron chi connectivity index (χ3n) is 12.8. The van der Waals surface area contributed by atoms with Gasteiger partial charge in [0, 0.05) is 56.3 Å². The summed E-state index contributed by atoms with van der Waals surface area (Å²) >= 11 is 0. The highest BCUT2D eigenvalue weighted by Crippen LogP contribution is 2.45. The number of rotatable bonds is 8. The van der Waals surface area contributed by atoms with Crippen LogP contribution in [0.15, 0.2) is 170 Å². The summed E-state index contributed by atoms with van der Waals surface area (Å²) in [6, 6.07) is 63.0. The molecular formula is C54H47BN4. The highest BCUT2D eigenvalue weighted by molar-refractivity contribution is 7.00. The van der Waals surface area contributed by atoms with Gasteiger partial charge in [-0.25, -0.2) is 0 Å². The molecule has 4 heterocycles. The van der Waals surface area contributed by atoms with Gasteiger partial charge >= 0.3 is 0 Å². The van der Waals surface area contributed by atoms with Crippen LogP contribution in [0.5, 0.6) is 0 Å². The molecule has 0 amide bonds. The Morgan fingerprint density at radius 1 is 0.458 bits per heavy atom. The van der Waals surface area contributed by atoms with E-state index in [4.69, 9.17) is 0 Å². The lowest BCUT2D eigenvalue weighted by atomic mass is 9.34. The summed E-state index contributed by atoms with van der Waals surface area (Å²) in [6.45, 7) is 11.7. The van der Waals surface area contributed by atoms with E-state index in [1.54, 1.807) is 0 Å². The highest BCUT2D eigenvalue weighted by atomic mass is 15.2. The molecule has 0 bridgehead atoms. The summed E-state index contributed by atoms with van der Waals surface area (Å²) in [5, 5.41) is 2.56. The topological polar surface area (TPSA) is 16.3 Å². The summed E-state index contributed by atoms with van der Waals surface area (Å²) in [6.07, 6.45) is 1.85. The maximum atomic E-state index is 2.63. The van der Waals surface area contributed by atoms with Crippen molar-refractivity contribution in [2.75, 3.05) is 9.80 Å². The molecule has 0 spiro atoms. The highest BCUT2D eigenvalue weighted by Gasteiger charge is 2.42. The normalized spacial score (nSPS) is 12.6. The van der Waals surface area contributed by atoms with E-state index in [1.807, 2.05) is 0 Å². The standard InChI is InChI=1S/C54H47BN4/c1-6-37-34-43-47(56(39-20-12-8-13-21-39)40-22-14-9-15-23-40)30-28-45-52(43)58(37)49-32-36(54(3,4)5)33-50-51(49)55(45)46-29-31-48(44-35-38(7-2)59(50)53(44)46)57(41-24-16-10-17-25-41)42-26-18-11-19-27-42/h8-35H,6-7H2,1-5H3. The predicted octanol–water partition coefficient (Wildman–Crippen LogP) is 12.1. The first-order chi connectivity index (χ1) is 28.9. The second-order valence-corrected chi connectivity index (χ2v) is 17.1. The Labute approximate surface area is 347 Å². The molecular weight excluding hydrogens is 715 g/mol. The molecule has 0 radical (unpaired) electrons. The molecule has 286 valence electrons. The lowest BCUT2D eigenvalue weighted by Gasteiger charge is -2.37. The molecule has 4 nitrogen and oxygen atoms in total. The largest absolute Gasteiger partial charge is 0.314 e. The molecule has 2 aliphatic heterocycles. The van der Waals surface area contributed by atoms with Crippen molar-refractivity contribution in [2.24, 2.45) is 0 Å². The Bertz CT molecular complexity index is 2770. The number of aryl methyl sites for hydroxylation is 2. The summed E-state index contributed by atoms with van der Waals surface area (Å²) in [5.41, 5.74) is 20.3. The van der Waals surface area contributed by atoms with Crippen molar-refractivity contribution in [1.82, 2.24) is 9.13 Å². The fourth-order valence-corrected chi connectivity index (χ4v) is 10.1. The molecule has 7 aromatic carbocycles. The molecule has 0 saturated heterocycles. The molecule has 9 aromatic rings. The lowest BCUT2D eigenvalue weighted by molar-refractivity contribution is 0.589. The Morgan fingerprint density at radius 3 is 1.14 bits per heavy atom. The fraction of sp³-hybridized carbons (Fsp3) is 0.148. The van der Waals surface area contributed by atoms with Crippen molar-refractivity contribution in [3.8, 4) is 11.4 Å². The van der Waals surface area contributed by atoms with E-state index < -0.39 is 0 Å². The lowest BCUT2D eigenvalue weighted by Crippen LogP contribution is -2.59. The molecule has 5 heteroatoms. The first-order valence-electron chi connectivity index (χ1n) is 21.2. The Kier molecular flexibility index (Phi) is 8.07. The second kappa shape index (κ2) is 13.4. The molecule has 0 saturated carbocycles. The van der Waals surface area contributed by atoms with Crippen LogP contribution < -0.4 is 26.2 Å². The van der Waals surface area contributed by atoms with Crippen molar-refractivity contribution in [2.45, 2.75) is 52.9 Å². The van der Waals surface area contributed by atoms with E-state index >= 15 is 0 Å². The number of para-hydroxylation sites is 4. The van der Waals surface area contributed by atoms with Gasteiger partial charge in [-0.1, -0.05) is 120 Å². The Balaban J connectivity index is 1.24. The maximum absolute atomic E-state index is 2.63. The van der Waals surface area contributed by atoms with Gasteiger partial charge in [-0.05, 0) is 125 Å². The number of fused-ring (bicyclic) bond motifs is 4. The minimum Gasteiger partial charge on any atom is -0.314 e. The number of anilines is 6. The van der Waals surface area contributed by atoms with E-state index in [1.165, 1.54) is 77.9 Å². The summed E-state index contributed by atoms with van der Waals surface area (Å²) in [4.78, 5) is 4.87. The van der Waals surface area contributed by atoms with E-state index in [-0.39, 0.29) is 12.1 Å². The van der Waals surface area contributed by atoms with Crippen molar-refractivity contribution in [3.63, 3.8) is 0 Å². The van der Waals surface area contributed by atoms with E-state index in [0.29, 0.717) is 0 Å². The van der Waals surface area contributed by atoms with E-state index in [2.05, 4.69) is 223 Å². The number of nitrogens with zero attached hydrogens (tertiary/aromatic N) is 4. The SMILES string of the molecule is CCc1cc2c(N(c3ccccc3)c3ccccc3)ccc3c2n1-c1cc(C(C)(C)C)cc2c1B3c1ccc(N(c3ccccc3)c3ccccc3)c3cc(CC)n-2c13. The van der Waals surface area contributed by atoms with Gasteiger partial charge < -0.3 is 18.9 Å². The number of hydrogen-bond acceptors (Lipinski definition) is 2. The number of benzene rings is 7. The third kappa shape index (κ3) is 5.30. The predicted molar refractivity (Wildman–Crippen MR) is 252 cm³/mol. The van der Waals surface area contributed by atoms with Gasteiger partial charge in [0.15, 0.2) is 0 Å². The monoisotopic (exact) mass is 762 g/mol. The minimum atomic E-state index is -0.0581. The quantitative estimate of drug-likeness (QED) is 0.143. The van der Waals surface area contributed by atoms with Gasteiger partial charge in [-0.2, -0.15) is 0 Å². The smallest absolute Gasteiger partial charge is 0.252 e. The van der Waals surface area contributed by atoms with Gasteiger partial charge in [0.1, 0.15) is 0 Å². The summed E-state index contributed by atoms with van der Waals surface area (Å²) in [5.74, 6) is 0. The van der Waals surface area contributed by atoms with Gasteiger partial charge in [0.2, 0.25) is 0 Å². The zero-order valence-electron chi connectivity index (χ0n) is 34.4. The summed E-state index contributed by atoms with van der Waals surface area (Å²) < 4.78 is 5.26. The number of aromatic nitrogens is 2. The van der Waals surface area contributed by atoms with Crippen LogP contribution >= 0.6 is 0 Å². The molecule has 0 fully saturated rings. The molecule has 11 rings (SSSR count). The number of hydrogen-bond donors (Lipinski definition) is 0. The van der Waals surface area contributed by atoms with Crippen LogP contribution in [0.4, 0.5) is 34.1 Å². The minimum absolute atomic E-state index is 0.0581. The second-order valence-electron chi connectivity index (χ2n) is 17.1. The molecule has 0 atom stereocenters. The van der Waals surface area contributed by atoms with Crippen molar-refractivity contribution in [3.05, 3.63) is 187 Å². The van der Waals surface area contributed by atoms with Crippen LogP contribution in [0.1, 0.15) is 51.6 Å². The molecule has 0 aliphatic carbocycles. The van der Waals surface area contributed by atoms with Crippen molar-refractivity contribution in [1.29, 1.82) is 0 Å². The van der Waals surface area contributed by atoms with E-state index in [9.17, 15) is 0 Å². The van der Waals surface area contributed by atoms with Gasteiger partial charge in [0.05, 0.1) is 22.4 Å². The molecule has 0 N–H and O–H groups in total. The molecule has 2 aliphatic rings. The zero-order valence-corrected chi connectivity index (χ0v) is 34.4. The average molecular weight is 763 g/mol. The van der Waals surface area contributed by atoms with Crippen molar-refractivity contribution < 1.29 is 0 Å². The first-order valence-corrected chi connectivity index (χ1v) is 21.2. The zero-order chi connectivity index (χ0) is 40.0. The summed E-state index contributed by atoms with van der Waals surface area (Å²) in [7, 11) is 0. The Hall–Kier alpha value is -6.72. The van der Waals surface area contributed by atoms with Crippen molar-refractivity contribution >= 4 is 79.0 Å². The first kappa shape index (κ1) is 35.4. The maximum Gasteiger partial charge on any atom is 0.252 e. The van der Waals surface area contributed by atoms with Crippen LogP contribution in [0.25, 0.3) is 33.2 Å². The van der Waals surface area contributed by atoms with Gasteiger partial charge in [-0.3, -0.25) is 0 Å². The molecule has 0 unspecified atom stereocenters. The van der Waals surface area contributed by atoms with Gasteiger partial charge in [-0.15, -0.1) is 0 Å². The van der Waals surface area contributed by atoms with Gasteiger partial charge in [0.25, 0.3) is 6.71 Å². The fourth-order valence-electron chi connectivity index (χ4n) is 10.1. The van der Waals surface area contributed by atoms with Crippen LogP contribution in [0.2, 0.25) is 0 Å². The van der Waals surface area contributed by atoms with Crippen LogP contribution in [-0.4, -0.2) is 15.8 Å². The third-order valence-corrected chi connectivity index (χ3v) is 12.8. The van der Waals surface area contributed by atoms with E-state index in [0.717, 1.165) is 35.6 Å². The molecule has 59 heavy (non-hydrogen) atoms. The van der Waals surface area contributed by atoms with Crippen LogP contribution in [0.3, 0.4) is 0 Å². The van der Waals surface area contributed by atoms with Crippen LogP contribution in [-0.2, 0) is 18.3 Å².